The van der Waals surface area contributed by atoms with Crippen molar-refractivity contribution in [1.82, 2.24) is 0 Å². The minimum absolute atomic E-state index is 0.326. The predicted molar refractivity (Wildman–Crippen MR) is 71.1 cm³/mol. The van der Waals surface area contributed by atoms with Gasteiger partial charge in [0.05, 0.1) is 6.10 Å². The van der Waals surface area contributed by atoms with Gasteiger partial charge in [0.15, 0.2) is 5.78 Å². The largest absolute Gasteiger partial charge is 0.379 e. The van der Waals surface area contributed by atoms with Crippen LogP contribution in [-0.4, -0.2) is 18.5 Å². The fourth-order valence-electron chi connectivity index (χ4n) is 2.42. The zero-order chi connectivity index (χ0) is 12.5. The Bertz CT molecular complexity index is 256. The molecule has 0 saturated heterocycles. The Balaban J connectivity index is 2.13. The zero-order valence-corrected chi connectivity index (χ0v) is 11.3. The normalized spacial score (nSPS) is 18.0. The van der Waals surface area contributed by atoms with E-state index < -0.39 is 0 Å². The van der Waals surface area contributed by atoms with Crippen molar-refractivity contribution >= 4 is 5.78 Å². The van der Waals surface area contributed by atoms with E-state index in [9.17, 15) is 4.79 Å². The van der Waals surface area contributed by atoms with Crippen molar-refractivity contribution in [3.63, 3.8) is 0 Å². The third-order valence-corrected chi connectivity index (χ3v) is 3.42. The average Bonchev–Trinajstić information content (AvgIpc) is 2.33. The second-order valence-corrected chi connectivity index (χ2v) is 4.85. The molecule has 0 aromatic carbocycles. The van der Waals surface area contributed by atoms with Crippen molar-refractivity contribution < 1.29 is 9.53 Å². The van der Waals surface area contributed by atoms with Crippen LogP contribution in [0.1, 0.15) is 65.2 Å². The molecule has 0 heterocycles. The molecule has 0 fully saturated rings. The van der Waals surface area contributed by atoms with Gasteiger partial charge < -0.3 is 4.74 Å². The monoisotopic (exact) mass is 238 g/mol. The second kappa shape index (κ2) is 8.46. The molecule has 1 atom stereocenters. The molecule has 0 bridgehead atoms. The number of carbonyl (C=O) groups is 1. The molecule has 0 saturated carbocycles. The van der Waals surface area contributed by atoms with E-state index in [-0.39, 0.29) is 0 Å². The lowest BCUT2D eigenvalue weighted by atomic mass is 9.94. The van der Waals surface area contributed by atoms with Crippen molar-refractivity contribution in [2.75, 3.05) is 6.61 Å². The van der Waals surface area contributed by atoms with Gasteiger partial charge in [-0.25, -0.2) is 0 Å². The van der Waals surface area contributed by atoms with Gasteiger partial charge in [0.1, 0.15) is 0 Å². The maximum atomic E-state index is 11.2. The summed E-state index contributed by atoms with van der Waals surface area (Å²) in [5, 5.41) is 0. The Morgan fingerprint density at radius 3 is 2.76 bits per heavy atom. The van der Waals surface area contributed by atoms with Gasteiger partial charge in [0.2, 0.25) is 0 Å². The summed E-state index contributed by atoms with van der Waals surface area (Å²) in [6, 6.07) is 0. The highest BCUT2D eigenvalue weighted by Gasteiger charge is 2.10. The standard InChI is InChI=1S/C15H26O2/c1-3-15(17-4-2)11-6-5-8-13-9-7-10-14(16)12-13/h12,15H,3-11H2,1-2H3. The van der Waals surface area contributed by atoms with Gasteiger partial charge in [-0.15, -0.1) is 0 Å². The van der Waals surface area contributed by atoms with Gasteiger partial charge in [0, 0.05) is 13.0 Å². The highest BCUT2D eigenvalue weighted by atomic mass is 16.5. The molecule has 0 aliphatic heterocycles. The van der Waals surface area contributed by atoms with Crippen LogP contribution in [0.3, 0.4) is 0 Å². The molecule has 0 spiro atoms. The highest BCUT2D eigenvalue weighted by Crippen LogP contribution is 2.21. The molecule has 1 rings (SSSR count). The fourth-order valence-corrected chi connectivity index (χ4v) is 2.42. The molecule has 0 radical (unpaired) electrons. The molecule has 0 aromatic heterocycles. The van der Waals surface area contributed by atoms with E-state index in [2.05, 4.69) is 13.8 Å². The number of carbonyl (C=O) groups excluding carboxylic acids is 1. The topological polar surface area (TPSA) is 26.3 Å². The minimum atomic E-state index is 0.326. The molecule has 2 nitrogen and oxygen atoms in total. The predicted octanol–water partition coefficient (Wildman–Crippen LogP) is 4.04. The van der Waals surface area contributed by atoms with E-state index in [1.165, 1.54) is 18.4 Å². The first kappa shape index (κ1) is 14.4. The van der Waals surface area contributed by atoms with Crippen LogP contribution < -0.4 is 0 Å². The van der Waals surface area contributed by atoms with Crippen LogP contribution in [0.25, 0.3) is 0 Å². The second-order valence-electron chi connectivity index (χ2n) is 4.85. The lowest BCUT2D eigenvalue weighted by molar-refractivity contribution is -0.115. The van der Waals surface area contributed by atoms with Gasteiger partial charge in [-0.1, -0.05) is 18.9 Å². The Morgan fingerprint density at radius 2 is 2.12 bits per heavy atom. The van der Waals surface area contributed by atoms with E-state index in [4.69, 9.17) is 4.74 Å². The summed E-state index contributed by atoms with van der Waals surface area (Å²) in [4.78, 5) is 11.2. The SMILES string of the molecule is CCOC(CC)CCCCC1=CC(=O)CCC1. The molecule has 1 unspecified atom stereocenters. The minimum Gasteiger partial charge on any atom is -0.379 e. The fraction of sp³-hybridized carbons (Fsp3) is 0.800. The van der Waals surface area contributed by atoms with Crippen molar-refractivity contribution in [1.29, 1.82) is 0 Å². The van der Waals surface area contributed by atoms with Crippen molar-refractivity contribution in [2.24, 2.45) is 0 Å². The summed E-state index contributed by atoms with van der Waals surface area (Å²) in [5.74, 6) is 0.326. The lowest BCUT2D eigenvalue weighted by Crippen LogP contribution is -2.11. The molecular weight excluding hydrogens is 212 g/mol. The summed E-state index contributed by atoms with van der Waals surface area (Å²) < 4.78 is 5.63. The van der Waals surface area contributed by atoms with E-state index in [1.807, 2.05) is 6.08 Å². The number of ketones is 1. The number of hydrogen-bond acceptors (Lipinski definition) is 2. The average molecular weight is 238 g/mol. The molecule has 2 heteroatoms. The van der Waals surface area contributed by atoms with Gasteiger partial charge >= 0.3 is 0 Å². The van der Waals surface area contributed by atoms with Crippen LogP contribution in [-0.2, 0) is 9.53 Å². The molecule has 17 heavy (non-hydrogen) atoms. The molecular formula is C15H26O2. The number of allylic oxidation sites excluding steroid dienone is 2. The summed E-state index contributed by atoms with van der Waals surface area (Å²) in [5.41, 5.74) is 1.37. The van der Waals surface area contributed by atoms with Gasteiger partial charge in [-0.2, -0.15) is 0 Å². The summed E-state index contributed by atoms with van der Waals surface area (Å²) in [7, 11) is 0. The number of rotatable bonds is 8. The molecule has 1 aliphatic carbocycles. The molecule has 0 N–H and O–H groups in total. The van der Waals surface area contributed by atoms with Crippen LogP contribution in [0, 0.1) is 0 Å². The first-order valence-corrected chi connectivity index (χ1v) is 7.10. The van der Waals surface area contributed by atoms with Crippen LogP contribution in [0.5, 0.6) is 0 Å². The Labute approximate surface area is 105 Å². The van der Waals surface area contributed by atoms with Gasteiger partial charge in [-0.05, 0) is 51.5 Å². The van der Waals surface area contributed by atoms with Crippen LogP contribution in [0.15, 0.2) is 11.6 Å². The first-order valence-electron chi connectivity index (χ1n) is 7.10. The van der Waals surface area contributed by atoms with E-state index in [0.29, 0.717) is 11.9 Å². The van der Waals surface area contributed by atoms with Gasteiger partial charge in [0.25, 0.3) is 0 Å². The molecule has 98 valence electrons. The molecule has 0 amide bonds. The van der Waals surface area contributed by atoms with E-state index >= 15 is 0 Å². The maximum Gasteiger partial charge on any atom is 0.155 e. The smallest absolute Gasteiger partial charge is 0.155 e. The number of hydrogen-bond donors (Lipinski definition) is 0. The first-order chi connectivity index (χ1) is 8.26. The Morgan fingerprint density at radius 1 is 1.29 bits per heavy atom. The third-order valence-electron chi connectivity index (χ3n) is 3.42. The summed E-state index contributed by atoms with van der Waals surface area (Å²) in [6.45, 7) is 5.06. The number of unbranched alkanes of at least 4 members (excludes halogenated alkanes) is 1. The van der Waals surface area contributed by atoms with Crippen LogP contribution in [0.4, 0.5) is 0 Å². The maximum absolute atomic E-state index is 11.2. The summed E-state index contributed by atoms with van der Waals surface area (Å²) >= 11 is 0. The Kier molecular flexibility index (Phi) is 7.18. The van der Waals surface area contributed by atoms with Crippen molar-refractivity contribution in [3.8, 4) is 0 Å². The van der Waals surface area contributed by atoms with E-state index in [0.717, 1.165) is 45.1 Å². The molecule has 0 aromatic rings. The van der Waals surface area contributed by atoms with Crippen LogP contribution in [0.2, 0.25) is 0 Å². The summed E-state index contributed by atoms with van der Waals surface area (Å²) in [6.07, 6.45) is 11.0. The quantitative estimate of drug-likeness (QED) is 0.596. The van der Waals surface area contributed by atoms with Crippen LogP contribution >= 0.6 is 0 Å². The highest BCUT2D eigenvalue weighted by molar-refractivity contribution is 5.91. The number of ether oxygens (including phenoxy) is 1. The lowest BCUT2D eigenvalue weighted by Gasteiger charge is -2.15. The third kappa shape index (κ3) is 6.02. The van der Waals surface area contributed by atoms with Crippen molar-refractivity contribution in [3.05, 3.63) is 11.6 Å². The van der Waals surface area contributed by atoms with Gasteiger partial charge in [-0.3, -0.25) is 4.79 Å². The molecule has 1 aliphatic rings. The van der Waals surface area contributed by atoms with E-state index in [1.54, 1.807) is 0 Å². The Hall–Kier alpha value is -0.630. The van der Waals surface area contributed by atoms with Crippen molar-refractivity contribution in [2.45, 2.75) is 71.3 Å². The zero-order valence-electron chi connectivity index (χ0n) is 11.3.